The lowest BCUT2D eigenvalue weighted by atomic mass is 10.1. The molecular weight excluding hydrogens is 168 g/mol. The highest BCUT2D eigenvalue weighted by Crippen LogP contribution is 2.39. The zero-order valence-corrected chi connectivity index (χ0v) is 6.86. The number of rotatable bonds is 2. The van der Waals surface area contributed by atoms with Gasteiger partial charge < -0.3 is 4.74 Å². The summed E-state index contributed by atoms with van der Waals surface area (Å²) >= 11 is 3.39. The second-order valence-electron chi connectivity index (χ2n) is 2.46. The monoisotopic (exact) mass is 178 g/mol. The second kappa shape index (κ2) is 1.99. The van der Waals surface area contributed by atoms with Gasteiger partial charge in [0.05, 0.1) is 6.10 Å². The summed E-state index contributed by atoms with van der Waals surface area (Å²) in [5, 5.41) is 0.971. The van der Waals surface area contributed by atoms with Gasteiger partial charge in [-0.2, -0.15) is 0 Å². The van der Waals surface area contributed by atoms with Crippen molar-refractivity contribution in [3.63, 3.8) is 0 Å². The van der Waals surface area contributed by atoms with Crippen LogP contribution in [0.25, 0.3) is 0 Å². The van der Waals surface area contributed by atoms with Gasteiger partial charge in [0, 0.05) is 5.33 Å². The molecule has 0 bridgehead atoms. The SMILES string of the molecule is CCC1OC1(C)CBr. The van der Waals surface area contributed by atoms with Crippen molar-refractivity contribution in [2.75, 3.05) is 5.33 Å². The highest BCUT2D eigenvalue weighted by molar-refractivity contribution is 9.09. The third kappa shape index (κ3) is 0.914. The molecule has 1 heterocycles. The molecule has 0 saturated carbocycles. The van der Waals surface area contributed by atoms with E-state index in [9.17, 15) is 0 Å². The summed E-state index contributed by atoms with van der Waals surface area (Å²) in [6.07, 6.45) is 1.66. The summed E-state index contributed by atoms with van der Waals surface area (Å²) in [5.41, 5.74) is 0.175. The summed E-state index contributed by atoms with van der Waals surface area (Å²) < 4.78 is 5.36. The minimum Gasteiger partial charge on any atom is -0.365 e. The van der Waals surface area contributed by atoms with E-state index in [-0.39, 0.29) is 5.60 Å². The van der Waals surface area contributed by atoms with E-state index in [1.54, 1.807) is 0 Å². The van der Waals surface area contributed by atoms with Crippen LogP contribution in [-0.4, -0.2) is 17.0 Å². The molecule has 0 aromatic carbocycles. The van der Waals surface area contributed by atoms with Gasteiger partial charge in [0.2, 0.25) is 0 Å². The standard InChI is InChI=1S/C6H11BrO/c1-3-5-6(2,4-7)8-5/h5H,3-4H2,1-2H3. The van der Waals surface area contributed by atoms with Crippen LogP contribution in [0.15, 0.2) is 0 Å². The van der Waals surface area contributed by atoms with Gasteiger partial charge >= 0.3 is 0 Å². The highest BCUT2D eigenvalue weighted by Gasteiger charge is 2.49. The van der Waals surface area contributed by atoms with Crippen LogP contribution in [0.2, 0.25) is 0 Å². The van der Waals surface area contributed by atoms with Crippen LogP contribution in [0.5, 0.6) is 0 Å². The summed E-state index contributed by atoms with van der Waals surface area (Å²) in [5.74, 6) is 0. The molecule has 1 aliphatic rings. The molecule has 1 rings (SSSR count). The van der Waals surface area contributed by atoms with Crippen molar-refractivity contribution in [2.45, 2.75) is 32.0 Å². The first-order valence-electron chi connectivity index (χ1n) is 2.96. The molecule has 0 N–H and O–H groups in total. The Labute approximate surface area is 58.5 Å². The Hall–Kier alpha value is 0.440. The lowest BCUT2D eigenvalue weighted by Gasteiger charge is -1.94. The molecule has 0 aliphatic carbocycles. The lowest BCUT2D eigenvalue weighted by Crippen LogP contribution is -2.09. The molecule has 0 radical (unpaired) electrons. The molecule has 0 aromatic heterocycles. The first-order chi connectivity index (χ1) is 3.73. The van der Waals surface area contributed by atoms with Crippen LogP contribution in [0.1, 0.15) is 20.3 Å². The summed E-state index contributed by atoms with van der Waals surface area (Å²) in [6, 6.07) is 0. The molecule has 8 heavy (non-hydrogen) atoms. The normalized spacial score (nSPS) is 44.6. The van der Waals surface area contributed by atoms with Crippen molar-refractivity contribution in [1.82, 2.24) is 0 Å². The molecule has 1 fully saturated rings. The smallest absolute Gasteiger partial charge is 0.102 e. The molecule has 1 nitrogen and oxygen atoms in total. The molecule has 2 unspecified atom stereocenters. The van der Waals surface area contributed by atoms with Gasteiger partial charge in [0.25, 0.3) is 0 Å². The highest BCUT2D eigenvalue weighted by atomic mass is 79.9. The van der Waals surface area contributed by atoms with E-state index in [1.165, 1.54) is 0 Å². The van der Waals surface area contributed by atoms with Crippen molar-refractivity contribution < 1.29 is 4.74 Å². The average Bonchev–Trinajstić information content (AvgIpc) is 2.44. The van der Waals surface area contributed by atoms with Gasteiger partial charge in [-0.3, -0.25) is 0 Å². The maximum Gasteiger partial charge on any atom is 0.102 e. The van der Waals surface area contributed by atoms with Gasteiger partial charge in [-0.1, -0.05) is 22.9 Å². The van der Waals surface area contributed by atoms with E-state index in [4.69, 9.17) is 4.74 Å². The molecule has 2 heteroatoms. The van der Waals surface area contributed by atoms with Crippen molar-refractivity contribution in [2.24, 2.45) is 0 Å². The number of hydrogen-bond acceptors (Lipinski definition) is 1. The van der Waals surface area contributed by atoms with E-state index < -0.39 is 0 Å². The van der Waals surface area contributed by atoms with Crippen LogP contribution in [0.4, 0.5) is 0 Å². The first kappa shape index (κ1) is 6.56. The molecule has 2 atom stereocenters. The molecule has 0 amide bonds. The molecule has 1 aliphatic heterocycles. The Morgan fingerprint density at radius 1 is 1.75 bits per heavy atom. The van der Waals surface area contributed by atoms with Crippen molar-refractivity contribution >= 4 is 15.9 Å². The average molecular weight is 179 g/mol. The second-order valence-corrected chi connectivity index (χ2v) is 3.02. The largest absolute Gasteiger partial charge is 0.365 e. The zero-order valence-electron chi connectivity index (χ0n) is 5.28. The summed E-state index contributed by atoms with van der Waals surface area (Å²) in [4.78, 5) is 0. The van der Waals surface area contributed by atoms with Crippen LogP contribution < -0.4 is 0 Å². The van der Waals surface area contributed by atoms with E-state index in [2.05, 4.69) is 29.8 Å². The quantitative estimate of drug-likeness (QED) is 0.466. The minimum absolute atomic E-state index is 0.175. The van der Waals surface area contributed by atoms with Gasteiger partial charge in [-0.05, 0) is 13.3 Å². The number of hydrogen-bond donors (Lipinski definition) is 0. The Bertz CT molecular complexity index is 94.5. The van der Waals surface area contributed by atoms with Crippen LogP contribution in [0.3, 0.4) is 0 Å². The van der Waals surface area contributed by atoms with E-state index >= 15 is 0 Å². The van der Waals surface area contributed by atoms with Crippen LogP contribution in [-0.2, 0) is 4.74 Å². The topological polar surface area (TPSA) is 12.5 Å². The third-order valence-corrected chi connectivity index (χ3v) is 2.78. The molecule has 0 aromatic rings. The number of epoxide rings is 1. The van der Waals surface area contributed by atoms with Crippen LogP contribution >= 0.6 is 15.9 Å². The van der Waals surface area contributed by atoms with Gasteiger partial charge in [-0.15, -0.1) is 0 Å². The van der Waals surface area contributed by atoms with E-state index in [0.29, 0.717) is 6.10 Å². The Balaban J connectivity index is 2.31. The number of ether oxygens (including phenoxy) is 1. The third-order valence-electron chi connectivity index (χ3n) is 1.67. The van der Waals surface area contributed by atoms with Gasteiger partial charge in [-0.25, -0.2) is 0 Å². The lowest BCUT2D eigenvalue weighted by molar-refractivity contribution is 0.326. The Kier molecular flexibility index (Phi) is 1.63. The molecular formula is C6H11BrO. The maximum atomic E-state index is 5.36. The maximum absolute atomic E-state index is 5.36. The zero-order chi connectivity index (χ0) is 6.20. The number of halogens is 1. The number of alkyl halides is 1. The van der Waals surface area contributed by atoms with E-state index in [0.717, 1.165) is 11.8 Å². The fraction of sp³-hybridized carbons (Fsp3) is 1.00. The fourth-order valence-electron chi connectivity index (χ4n) is 0.924. The predicted octanol–water partition coefficient (Wildman–Crippen LogP) is 1.95. The first-order valence-corrected chi connectivity index (χ1v) is 4.09. The van der Waals surface area contributed by atoms with Crippen molar-refractivity contribution in [3.05, 3.63) is 0 Å². The minimum atomic E-state index is 0.175. The Morgan fingerprint density at radius 3 is 2.50 bits per heavy atom. The van der Waals surface area contributed by atoms with Gasteiger partial charge in [0.15, 0.2) is 0 Å². The van der Waals surface area contributed by atoms with E-state index in [1.807, 2.05) is 0 Å². The molecule has 1 saturated heterocycles. The Morgan fingerprint density at radius 2 is 2.38 bits per heavy atom. The van der Waals surface area contributed by atoms with Crippen molar-refractivity contribution in [1.29, 1.82) is 0 Å². The molecule has 48 valence electrons. The van der Waals surface area contributed by atoms with Gasteiger partial charge in [0.1, 0.15) is 5.60 Å². The molecule has 0 spiro atoms. The van der Waals surface area contributed by atoms with Crippen LogP contribution in [0, 0.1) is 0 Å². The summed E-state index contributed by atoms with van der Waals surface area (Å²) in [7, 11) is 0. The van der Waals surface area contributed by atoms with Crippen molar-refractivity contribution in [3.8, 4) is 0 Å². The fourth-order valence-corrected chi connectivity index (χ4v) is 1.42. The summed E-state index contributed by atoms with van der Waals surface area (Å²) in [6.45, 7) is 4.29. The predicted molar refractivity (Wildman–Crippen MR) is 37.4 cm³/mol.